The van der Waals surface area contributed by atoms with E-state index in [0.717, 1.165) is 39.1 Å². The minimum Gasteiger partial charge on any atom is -0.493 e. The standard InChI is InChI=1S/C17H25ClN2O3/c1-4-6-19-7-9-20(10-8-19)17(21)13-11-14(18)16(23-5-2)15(12-13)22-3/h11-12H,4-10H2,1-3H3. The highest BCUT2D eigenvalue weighted by Crippen LogP contribution is 2.36. The second-order valence-electron chi connectivity index (χ2n) is 5.56. The molecule has 1 saturated heterocycles. The van der Waals surface area contributed by atoms with E-state index in [1.54, 1.807) is 19.2 Å². The summed E-state index contributed by atoms with van der Waals surface area (Å²) in [6.07, 6.45) is 1.14. The van der Waals surface area contributed by atoms with Gasteiger partial charge in [-0.2, -0.15) is 0 Å². The number of rotatable bonds is 6. The van der Waals surface area contributed by atoms with Crippen LogP contribution in [-0.2, 0) is 0 Å². The Balaban J connectivity index is 2.12. The Hall–Kier alpha value is -1.46. The fourth-order valence-electron chi connectivity index (χ4n) is 2.80. The molecule has 5 nitrogen and oxygen atoms in total. The smallest absolute Gasteiger partial charge is 0.254 e. The van der Waals surface area contributed by atoms with Crippen molar-refractivity contribution in [1.82, 2.24) is 9.80 Å². The van der Waals surface area contributed by atoms with Crippen LogP contribution in [0.5, 0.6) is 11.5 Å². The summed E-state index contributed by atoms with van der Waals surface area (Å²) in [7, 11) is 1.55. The van der Waals surface area contributed by atoms with Crippen molar-refractivity contribution in [1.29, 1.82) is 0 Å². The minimum atomic E-state index is -0.00982. The molecule has 0 unspecified atom stereocenters. The summed E-state index contributed by atoms with van der Waals surface area (Å²) in [5.41, 5.74) is 0.541. The van der Waals surface area contributed by atoms with Gasteiger partial charge in [-0.1, -0.05) is 18.5 Å². The maximum Gasteiger partial charge on any atom is 0.254 e. The lowest BCUT2D eigenvalue weighted by Gasteiger charge is -2.34. The predicted molar refractivity (Wildman–Crippen MR) is 91.8 cm³/mol. The molecule has 1 aliphatic heterocycles. The molecule has 1 fully saturated rings. The van der Waals surface area contributed by atoms with Gasteiger partial charge in [0.15, 0.2) is 11.5 Å². The van der Waals surface area contributed by atoms with Crippen LogP contribution in [0.2, 0.25) is 5.02 Å². The highest BCUT2D eigenvalue weighted by Gasteiger charge is 2.23. The number of carbonyl (C=O) groups is 1. The van der Waals surface area contributed by atoms with E-state index >= 15 is 0 Å². The van der Waals surface area contributed by atoms with Crippen LogP contribution in [0.25, 0.3) is 0 Å². The van der Waals surface area contributed by atoms with Crippen molar-refractivity contribution in [2.75, 3.05) is 46.4 Å². The van der Waals surface area contributed by atoms with Crippen molar-refractivity contribution < 1.29 is 14.3 Å². The topological polar surface area (TPSA) is 42.0 Å². The molecule has 128 valence electrons. The van der Waals surface area contributed by atoms with E-state index in [9.17, 15) is 4.79 Å². The van der Waals surface area contributed by atoms with Crippen LogP contribution in [0.1, 0.15) is 30.6 Å². The van der Waals surface area contributed by atoms with Gasteiger partial charge in [0.2, 0.25) is 0 Å². The number of amides is 1. The number of piperazine rings is 1. The van der Waals surface area contributed by atoms with Crippen molar-refractivity contribution in [3.63, 3.8) is 0 Å². The van der Waals surface area contributed by atoms with E-state index in [1.165, 1.54) is 0 Å². The van der Waals surface area contributed by atoms with E-state index in [2.05, 4.69) is 11.8 Å². The van der Waals surface area contributed by atoms with Crippen LogP contribution in [0.15, 0.2) is 12.1 Å². The summed E-state index contributed by atoms with van der Waals surface area (Å²) >= 11 is 6.26. The lowest BCUT2D eigenvalue weighted by atomic mass is 10.1. The van der Waals surface area contributed by atoms with Crippen LogP contribution < -0.4 is 9.47 Å². The number of carbonyl (C=O) groups excluding carboxylic acids is 1. The van der Waals surface area contributed by atoms with Crippen molar-refractivity contribution in [2.24, 2.45) is 0 Å². The van der Waals surface area contributed by atoms with Crippen LogP contribution in [0.3, 0.4) is 0 Å². The maximum atomic E-state index is 12.7. The Morgan fingerprint density at radius 3 is 2.48 bits per heavy atom. The molecule has 1 amide bonds. The van der Waals surface area contributed by atoms with Gasteiger partial charge in [-0.15, -0.1) is 0 Å². The fourth-order valence-corrected chi connectivity index (χ4v) is 3.07. The third kappa shape index (κ3) is 4.30. The summed E-state index contributed by atoms with van der Waals surface area (Å²) in [4.78, 5) is 17.0. The summed E-state index contributed by atoms with van der Waals surface area (Å²) in [6.45, 7) is 8.95. The molecule has 23 heavy (non-hydrogen) atoms. The summed E-state index contributed by atoms with van der Waals surface area (Å²) < 4.78 is 10.8. The lowest BCUT2D eigenvalue weighted by Crippen LogP contribution is -2.48. The normalized spacial score (nSPS) is 15.6. The highest BCUT2D eigenvalue weighted by atomic mass is 35.5. The first-order valence-electron chi connectivity index (χ1n) is 8.12. The molecule has 1 aromatic rings. The average Bonchev–Trinajstić information content (AvgIpc) is 2.57. The monoisotopic (exact) mass is 340 g/mol. The Kier molecular flexibility index (Phi) is 6.54. The quantitative estimate of drug-likeness (QED) is 0.798. The van der Waals surface area contributed by atoms with Crippen molar-refractivity contribution in [3.8, 4) is 11.5 Å². The molecule has 6 heteroatoms. The third-order valence-corrected chi connectivity index (χ3v) is 4.25. The Morgan fingerprint density at radius 1 is 1.22 bits per heavy atom. The zero-order chi connectivity index (χ0) is 16.8. The molecule has 0 N–H and O–H groups in total. The zero-order valence-electron chi connectivity index (χ0n) is 14.1. The van der Waals surface area contributed by atoms with E-state index in [4.69, 9.17) is 21.1 Å². The van der Waals surface area contributed by atoms with Gasteiger partial charge in [-0.25, -0.2) is 0 Å². The number of hydrogen-bond acceptors (Lipinski definition) is 4. The highest BCUT2D eigenvalue weighted by molar-refractivity contribution is 6.32. The molecule has 1 aromatic carbocycles. The van der Waals surface area contributed by atoms with Gasteiger partial charge >= 0.3 is 0 Å². The van der Waals surface area contributed by atoms with Gasteiger partial charge < -0.3 is 14.4 Å². The molecule has 1 heterocycles. The molecule has 0 aromatic heterocycles. The molecule has 0 bridgehead atoms. The van der Waals surface area contributed by atoms with Gasteiger partial charge in [-0.05, 0) is 32.0 Å². The number of halogens is 1. The van der Waals surface area contributed by atoms with E-state index < -0.39 is 0 Å². The van der Waals surface area contributed by atoms with E-state index in [-0.39, 0.29) is 5.91 Å². The molecule has 0 atom stereocenters. The largest absolute Gasteiger partial charge is 0.493 e. The summed E-state index contributed by atoms with van der Waals surface area (Å²) in [5, 5.41) is 0.402. The Labute approximate surface area is 143 Å². The number of ether oxygens (including phenoxy) is 2. The fraction of sp³-hybridized carbons (Fsp3) is 0.588. The molecule has 0 saturated carbocycles. The minimum absolute atomic E-state index is 0.00982. The molecule has 0 radical (unpaired) electrons. The van der Waals surface area contributed by atoms with Crippen molar-refractivity contribution >= 4 is 17.5 Å². The maximum absolute atomic E-state index is 12.7. The Morgan fingerprint density at radius 2 is 1.91 bits per heavy atom. The van der Waals surface area contributed by atoms with Gasteiger partial charge in [0.1, 0.15) is 0 Å². The number of methoxy groups -OCH3 is 1. The molecule has 0 aliphatic carbocycles. The molecular formula is C17H25ClN2O3. The van der Waals surface area contributed by atoms with Gasteiger partial charge in [0.05, 0.1) is 18.7 Å². The second-order valence-corrected chi connectivity index (χ2v) is 5.96. The molecule has 0 spiro atoms. The lowest BCUT2D eigenvalue weighted by molar-refractivity contribution is 0.0637. The van der Waals surface area contributed by atoms with Crippen molar-refractivity contribution in [3.05, 3.63) is 22.7 Å². The number of nitrogens with zero attached hydrogens (tertiary/aromatic N) is 2. The van der Waals surface area contributed by atoms with Gasteiger partial charge in [0.25, 0.3) is 5.91 Å². The van der Waals surface area contributed by atoms with Crippen LogP contribution in [0, 0.1) is 0 Å². The summed E-state index contributed by atoms with van der Waals surface area (Å²) in [6, 6.07) is 3.37. The van der Waals surface area contributed by atoms with E-state index in [1.807, 2.05) is 11.8 Å². The zero-order valence-corrected chi connectivity index (χ0v) is 14.9. The number of hydrogen-bond donors (Lipinski definition) is 0. The Bertz CT molecular complexity index is 543. The van der Waals surface area contributed by atoms with Crippen LogP contribution in [-0.4, -0.2) is 62.1 Å². The molecule has 2 rings (SSSR count). The van der Waals surface area contributed by atoms with Gasteiger partial charge in [0, 0.05) is 31.7 Å². The SMILES string of the molecule is CCCN1CCN(C(=O)c2cc(Cl)c(OCC)c(OC)c2)CC1. The first kappa shape index (κ1) is 17.9. The first-order valence-corrected chi connectivity index (χ1v) is 8.50. The first-order chi connectivity index (χ1) is 11.1. The van der Waals surface area contributed by atoms with Crippen LogP contribution in [0.4, 0.5) is 0 Å². The summed E-state index contributed by atoms with van der Waals surface area (Å²) in [5.74, 6) is 0.970. The number of benzene rings is 1. The third-order valence-electron chi connectivity index (χ3n) is 3.96. The van der Waals surface area contributed by atoms with E-state index in [0.29, 0.717) is 28.7 Å². The molecule has 1 aliphatic rings. The molecular weight excluding hydrogens is 316 g/mol. The van der Waals surface area contributed by atoms with Gasteiger partial charge in [-0.3, -0.25) is 9.69 Å². The van der Waals surface area contributed by atoms with Crippen LogP contribution >= 0.6 is 11.6 Å². The second kappa shape index (κ2) is 8.41. The van der Waals surface area contributed by atoms with Crippen molar-refractivity contribution in [2.45, 2.75) is 20.3 Å². The average molecular weight is 341 g/mol. The predicted octanol–water partition coefficient (Wildman–Crippen LogP) is 2.92.